The molecule has 0 saturated carbocycles. The lowest BCUT2D eigenvalue weighted by Gasteiger charge is -2.33. The molecule has 3 heterocycles. The summed E-state index contributed by atoms with van der Waals surface area (Å²) in [6.45, 7) is 2.93. The van der Waals surface area contributed by atoms with Crippen LogP contribution in [0.3, 0.4) is 0 Å². The highest BCUT2D eigenvalue weighted by molar-refractivity contribution is 7.07. The van der Waals surface area contributed by atoms with Crippen LogP contribution in [0.4, 0.5) is 0 Å². The van der Waals surface area contributed by atoms with Crippen molar-refractivity contribution in [2.75, 3.05) is 26.2 Å². The third kappa shape index (κ3) is 7.23. The van der Waals surface area contributed by atoms with Crippen molar-refractivity contribution in [3.05, 3.63) is 11.1 Å². The molecule has 3 amide bonds. The van der Waals surface area contributed by atoms with Gasteiger partial charge in [-0.2, -0.15) is 0 Å². The van der Waals surface area contributed by atoms with Gasteiger partial charge in [0.1, 0.15) is 11.0 Å². The molecule has 0 aromatic carbocycles. The van der Waals surface area contributed by atoms with E-state index in [0.717, 1.165) is 43.9 Å². The van der Waals surface area contributed by atoms with E-state index in [1.807, 2.05) is 0 Å². The molecule has 0 bridgehead atoms. The first kappa shape index (κ1) is 24.1. The van der Waals surface area contributed by atoms with Crippen LogP contribution in [-0.4, -0.2) is 75.6 Å². The van der Waals surface area contributed by atoms with Crippen molar-refractivity contribution in [2.45, 2.75) is 51.1 Å². The van der Waals surface area contributed by atoms with Crippen molar-refractivity contribution < 1.29 is 24.3 Å². The second-order valence-corrected chi connectivity index (χ2v) is 9.11. The molecule has 0 radical (unpaired) electrons. The fraction of sp³-hybridized carbons (Fsp3) is 0.700. The zero-order valence-corrected chi connectivity index (χ0v) is 18.7. The number of nitrogens with one attached hydrogen (secondary N) is 3. The lowest BCUT2D eigenvalue weighted by molar-refractivity contribution is -0.138. The van der Waals surface area contributed by atoms with Gasteiger partial charge in [-0.3, -0.25) is 19.2 Å². The minimum absolute atomic E-state index is 0.0640. The number of carbonyl (C=O) groups is 4. The van der Waals surface area contributed by atoms with E-state index in [-0.39, 0.29) is 16.7 Å². The van der Waals surface area contributed by atoms with Crippen LogP contribution < -0.4 is 16.0 Å². The molecule has 0 aliphatic carbocycles. The van der Waals surface area contributed by atoms with Gasteiger partial charge in [0, 0.05) is 19.5 Å². The van der Waals surface area contributed by atoms with Gasteiger partial charge >= 0.3 is 5.97 Å². The van der Waals surface area contributed by atoms with E-state index in [9.17, 15) is 19.2 Å². The van der Waals surface area contributed by atoms with E-state index in [0.29, 0.717) is 38.3 Å². The number of nitrogens with zero attached hydrogens (tertiary/aromatic N) is 3. The monoisotopic (exact) mass is 466 g/mol. The fourth-order valence-corrected chi connectivity index (χ4v) is 4.59. The molecule has 176 valence electrons. The molecule has 11 nitrogen and oxygen atoms in total. The summed E-state index contributed by atoms with van der Waals surface area (Å²) in [5, 5.41) is 21.2. The minimum atomic E-state index is -1.16. The second kappa shape index (κ2) is 11.9. The molecule has 1 aromatic heterocycles. The predicted octanol–water partition coefficient (Wildman–Crippen LogP) is 0.203. The first-order valence-electron chi connectivity index (χ1n) is 11.0. The van der Waals surface area contributed by atoms with Crippen molar-refractivity contribution in [2.24, 2.45) is 11.8 Å². The first-order chi connectivity index (χ1) is 15.4. The second-order valence-electron chi connectivity index (χ2n) is 8.33. The maximum atomic E-state index is 12.8. The van der Waals surface area contributed by atoms with Crippen molar-refractivity contribution in [1.29, 1.82) is 0 Å². The number of amides is 3. The molecule has 1 aromatic rings. The van der Waals surface area contributed by atoms with E-state index >= 15 is 0 Å². The number of rotatable bonds is 9. The summed E-state index contributed by atoms with van der Waals surface area (Å²) in [4.78, 5) is 50.9. The average molecular weight is 467 g/mol. The number of aliphatic carboxylic acids is 1. The summed E-state index contributed by atoms with van der Waals surface area (Å²) in [6, 6.07) is 0. The highest BCUT2D eigenvalue weighted by Gasteiger charge is 2.30. The number of carboxylic acid groups (broad SMARTS) is 1. The first-order valence-corrected chi connectivity index (χ1v) is 11.8. The minimum Gasteiger partial charge on any atom is -0.481 e. The summed E-state index contributed by atoms with van der Waals surface area (Å²) in [5.41, 5.74) is 0. The molecule has 2 aliphatic heterocycles. The molecular formula is C20H30N6O5S. The predicted molar refractivity (Wildman–Crippen MR) is 116 cm³/mol. The Labute approximate surface area is 190 Å². The fourth-order valence-electron chi connectivity index (χ4n) is 4.17. The number of aromatic nitrogens is 2. The van der Waals surface area contributed by atoms with E-state index in [4.69, 9.17) is 5.11 Å². The lowest BCUT2D eigenvalue weighted by Crippen LogP contribution is -2.53. The number of carbonyl (C=O) groups excluding carboxylic acids is 3. The molecule has 2 aliphatic rings. The van der Waals surface area contributed by atoms with Crippen molar-refractivity contribution in [1.82, 2.24) is 30.4 Å². The lowest BCUT2D eigenvalue weighted by atomic mass is 9.92. The number of hydrogen-bond acceptors (Lipinski definition) is 8. The number of hydrogen-bond donors (Lipinski definition) is 4. The molecule has 12 heteroatoms. The Morgan fingerprint density at radius 1 is 1.22 bits per heavy atom. The molecule has 2 atom stereocenters. The van der Waals surface area contributed by atoms with Crippen LogP contribution in [0.15, 0.2) is 6.20 Å². The quantitative estimate of drug-likeness (QED) is 0.377. The standard InChI is InChI=1S/C20H30N6O5S/c27-17(4-3-13-5-7-21-8-6-13)26-9-1-2-14(12-26)19(30)23-16(10-18(28)29)24-20(31)15-11-22-25-32-15/h11,13-14,16,21H,1-10,12H2,(H,23,30)(H,24,31)(H,28,29)/t14-,16+/m1/s1. The van der Waals surface area contributed by atoms with E-state index in [1.165, 1.54) is 6.20 Å². The normalized spacial score (nSPS) is 20.4. The SMILES string of the molecule is O=C(O)C[C@H](NC(=O)c1cnns1)NC(=O)[C@@H]1CCCN(C(=O)CCC2CCNCC2)C1. The number of carboxylic acids is 1. The van der Waals surface area contributed by atoms with Crippen molar-refractivity contribution in [3.8, 4) is 0 Å². The van der Waals surface area contributed by atoms with Gasteiger partial charge in [-0.25, -0.2) is 0 Å². The Bertz CT molecular complexity index is 798. The maximum absolute atomic E-state index is 12.8. The topological polar surface area (TPSA) is 154 Å². The highest BCUT2D eigenvalue weighted by atomic mass is 32.1. The summed E-state index contributed by atoms with van der Waals surface area (Å²) in [5.74, 6) is -1.88. The summed E-state index contributed by atoms with van der Waals surface area (Å²) < 4.78 is 3.60. The van der Waals surface area contributed by atoms with Gasteiger partial charge in [-0.1, -0.05) is 4.49 Å². The molecule has 0 unspecified atom stereocenters. The molecular weight excluding hydrogens is 436 g/mol. The largest absolute Gasteiger partial charge is 0.481 e. The Hall–Kier alpha value is -2.60. The molecule has 2 saturated heterocycles. The van der Waals surface area contributed by atoms with Gasteiger partial charge in [-0.05, 0) is 62.6 Å². The smallest absolute Gasteiger partial charge is 0.307 e. The van der Waals surface area contributed by atoms with E-state index in [1.54, 1.807) is 4.90 Å². The van der Waals surface area contributed by atoms with Gasteiger partial charge in [0.25, 0.3) is 5.91 Å². The zero-order chi connectivity index (χ0) is 22.9. The van der Waals surface area contributed by atoms with E-state index in [2.05, 4.69) is 25.5 Å². The molecule has 2 fully saturated rings. The van der Waals surface area contributed by atoms with Crippen molar-refractivity contribution >= 4 is 35.2 Å². The zero-order valence-electron chi connectivity index (χ0n) is 17.9. The number of piperidine rings is 2. The molecule has 4 N–H and O–H groups in total. The Balaban J connectivity index is 1.50. The summed E-state index contributed by atoms with van der Waals surface area (Å²) in [7, 11) is 0. The van der Waals surface area contributed by atoms with Gasteiger partial charge < -0.3 is 26.0 Å². The van der Waals surface area contributed by atoms with Crippen LogP contribution in [-0.2, 0) is 14.4 Å². The van der Waals surface area contributed by atoms with Crippen LogP contribution in [0.5, 0.6) is 0 Å². The van der Waals surface area contributed by atoms with Gasteiger partial charge in [0.2, 0.25) is 11.8 Å². The summed E-state index contributed by atoms with van der Waals surface area (Å²) in [6.07, 6.45) is 4.59. The van der Waals surface area contributed by atoms with Gasteiger partial charge in [-0.15, -0.1) is 5.10 Å². The third-order valence-electron chi connectivity index (χ3n) is 5.96. The molecule has 0 spiro atoms. The highest BCUT2D eigenvalue weighted by Crippen LogP contribution is 2.21. The summed E-state index contributed by atoms with van der Waals surface area (Å²) >= 11 is 0.876. The third-order valence-corrected chi connectivity index (χ3v) is 6.62. The van der Waals surface area contributed by atoms with Crippen LogP contribution in [0, 0.1) is 11.8 Å². The van der Waals surface area contributed by atoms with Crippen molar-refractivity contribution in [3.63, 3.8) is 0 Å². The maximum Gasteiger partial charge on any atom is 0.307 e. The number of likely N-dealkylation sites (tertiary alicyclic amines) is 1. The van der Waals surface area contributed by atoms with Crippen LogP contribution in [0.2, 0.25) is 0 Å². The van der Waals surface area contributed by atoms with Crippen LogP contribution in [0.1, 0.15) is 54.6 Å². The van der Waals surface area contributed by atoms with E-state index < -0.39 is 30.4 Å². The Kier molecular flexibility index (Phi) is 8.91. The average Bonchev–Trinajstić information content (AvgIpc) is 3.33. The Morgan fingerprint density at radius 2 is 2.00 bits per heavy atom. The van der Waals surface area contributed by atoms with Crippen LogP contribution in [0.25, 0.3) is 0 Å². The Morgan fingerprint density at radius 3 is 2.69 bits per heavy atom. The van der Waals surface area contributed by atoms with Crippen LogP contribution >= 0.6 is 11.5 Å². The molecule has 32 heavy (non-hydrogen) atoms. The van der Waals surface area contributed by atoms with Gasteiger partial charge in [0.15, 0.2) is 0 Å². The molecule has 3 rings (SSSR count). The van der Waals surface area contributed by atoms with Gasteiger partial charge in [0.05, 0.1) is 18.5 Å².